The summed E-state index contributed by atoms with van der Waals surface area (Å²) in [6.07, 6.45) is -1.90. The smallest absolute Gasteiger partial charge is 0.186 e. The Morgan fingerprint density at radius 3 is 2.32 bits per heavy atom. The van der Waals surface area contributed by atoms with Gasteiger partial charge in [0.05, 0.1) is 36.6 Å². The largest absolute Gasteiger partial charge is 0.396 e. The number of rotatable bonds is 9. The summed E-state index contributed by atoms with van der Waals surface area (Å²) >= 11 is 0. The van der Waals surface area contributed by atoms with Gasteiger partial charge in [0.25, 0.3) is 0 Å². The summed E-state index contributed by atoms with van der Waals surface area (Å²) < 4.78 is 17.4. The van der Waals surface area contributed by atoms with Crippen molar-refractivity contribution in [2.24, 2.45) is 46.3 Å². The molecule has 0 aromatic rings. The molecule has 1 saturated heterocycles. The first kappa shape index (κ1) is 34.7. The molecule has 254 valence electrons. The van der Waals surface area contributed by atoms with Crippen molar-refractivity contribution in [1.82, 2.24) is 0 Å². The molecule has 7 N–H and O–H groups in total. The van der Waals surface area contributed by atoms with Crippen LogP contribution >= 0.6 is 0 Å². The zero-order valence-electron chi connectivity index (χ0n) is 27.2. The van der Waals surface area contributed by atoms with Crippen LogP contribution < -0.4 is 0 Å². The van der Waals surface area contributed by atoms with Gasteiger partial charge in [0.15, 0.2) is 6.29 Å². The Hall–Kier alpha value is -0.660. The minimum absolute atomic E-state index is 0.00905. The lowest BCUT2D eigenvalue weighted by atomic mass is 9.42. The Bertz CT molecular complexity index is 1030. The zero-order chi connectivity index (χ0) is 32.4. The Labute approximate surface area is 262 Å². The molecule has 17 atom stereocenters. The molecule has 0 aromatic heterocycles. The monoisotopic (exact) mass is 626 g/mol. The molecule has 5 aliphatic rings. The molecule has 10 nitrogen and oxygen atoms in total. The molecule has 0 bridgehead atoms. The summed E-state index contributed by atoms with van der Waals surface area (Å²) in [7, 11) is 1.44. The van der Waals surface area contributed by atoms with Gasteiger partial charge >= 0.3 is 0 Å². The topological polar surface area (TPSA) is 169 Å². The molecule has 4 aliphatic carbocycles. The Morgan fingerprint density at radius 1 is 0.977 bits per heavy atom. The van der Waals surface area contributed by atoms with Crippen LogP contribution in [0.1, 0.15) is 79.1 Å². The van der Waals surface area contributed by atoms with Gasteiger partial charge in [0, 0.05) is 26.1 Å². The third kappa shape index (κ3) is 5.53. The van der Waals surface area contributed by atoms with Gasteiger partial charge < -0.3 is 50.0 Å². The number of aliphatic hydroxyl groups excluding tert-OH is 6. The first-order valence-electron chi connectivity index (χ1n) is 16.8. The predicted molar refractivity (Wildman–Crippen MR) is 162 cm³/mol. The highest BCUT2D eigenvalue weighted by Gasteiger charge is 2.72. The third-order valence-electron chi connectivity index (χ3n) is 13.3. The van der Waals surface area contributed by atoms with E-state index in [9.17, 15) is 35.7 Å². The average molecular weight is 627 g/mol. The van der Waals surface area contributed by atoms with Crippen LogP contribution in [0, 0.1) is 46.3 Å². The van der Waals surface area contributed by atoms with E-state index in [-0.39, 0.29) is 55.3 Å². The van der Waals surface area contributed by atoms with Gasteiger partial charge in [-0.25, -0.2) is 0 Å². The van der Waals surface area contributed by atoms with Crippen LogP contribution in [-0.4, -0.2) is 111 Å². The van der Waals surface area contributed by atoms with Gasteiger partial charge in [-0.3, -0.25) is 0 Å². The number of ether oxygens (including phenoxy) is 3. The fourth-order valence-electron chi connectivity index (χ4n) is 10.9. The molecular weight excluding hydrogens is 568 g/mol. The number of aliphatic hydroxyl groups is 7. The minimum Gasteiger partial charge on any atom is -0.396 e. The van der Waals surface area contributed by atoms with Crippen LogP contribution in [0.15, 0.2) is 12.2 Å². The normalized spacial score (nSPS) is 52.0. The summed E-state index contributed by atoms with van der Waals surface area (Å²) in [6.45, 7) is 12.5. The molecule has 1 heterocycles. The number of fused-ring (bicyclic) bond motifs is 5. The van der Waals surface area contributed by atoms with Crippen molar-refractivity contribution >= 4 is 0 Å². The maximum Gasteiger partial charge on any atom is 0.186 e. The van der Waals surface area contributed by atoms with Gasteiger partial charge in [0.2, 0.25) is 0 Å². The van der Waals surface area contributed by atoms with Crippen LogP contribution in [-0.2, 0) is 14.2 Å². The lowest BCUT2D eigenvalue weighted by Gasteiger charge is -2.66. The first-order valence-corrected chi connectivity index (χ1v) is 16.8. The second kappa shape index (κ2) is 12.7. The van der Waals surface area contributed by atoms with Gasteiger partial charge in [0.1, 0.15) is 18.3 Å². The van der Waals surface area contributed by atoms with Crippen molar-refractivity contribution < 1.29 is 50.0 Å². The molecule has 4 saturated carbocycles. The van der Waals surface area contributed by atoms with E-state index in [1.54, 1.807) is 0 Å². The second-order valence-electron chi connectivity index (χ2n) is 15.7. The SMILES string of the molecule is C=C(CCC(C)C1C(O)C(O)C2C1(C)CCC1C3(C)CCC(OC4OCC(O)C(O)C4OC)CC3C(O)CC12O)C(C)CO. The van der Waals surface area contributed by atoms with E-state index in [4.69, 9.17) is 14.2 Å². The van der Waals surface area contributed by atoms with Crippen molar-refractivity contribution in [3.8, 4) is 0 Å². The highest BCUT2D eigenvalue weighted by atomic mass is 16.7. The Balaban J connectivity index is 1.33. The molecular formula is C34H58O10. The van der Waals surface area contributed by atoms with Gasteiger partial charge in [-0.1, -0.05) is 39.8 Å². The quantitative estimate of drug-likeness (QED) is 0.148. The molecule has 10 heteroatoms. The molecule has 0 spiro atoms. The minimum atomic E-state index is -1.33. The van der Waals surface area contributed by atoms with E-state index >= 15 is 0 Å². The lowest BCUT2D eigenvalue weighted by molar-refractivity contribution is -0.303. The van der Waals surface area contributed by atoms with E-state index in [1.165, 1.54) is 7.11 Å². The Kier molecular flexibility index (Phi) is 10.0. The molecule has 17 unspecified atom stereocenters. The predicted octanol–water partition coefficient (Wildman–Crippen LogP) is 1.75. The molecule has 5 fully saturated rings. The highest BCUT2D eigenvalue weighted by Crippen LogP contribution is 2.70. The van der Waals surface area contributed by atoms with Gasteiger partial charge in [-0.2, -0.15) is 0 Å². The average Bonchev–Trinajstić information content (AvgIpc) is 3.18. The van der Waals surface area contributed by atoms with Gasteiger partial charge in [-0.05, 0) is 85.4 Å². The molecule has 5 rings (SSSR count). The van der Waals surface area contributed by atoms with Crippen LogP contribution in [0.2, 0.25) is 0 Å². The fraction of sp³-hybridized carbons (Fsp3) is 0.941. The van der Waals surface area contributed by atoms with Gasteiger partial charge in [-0.15, -0.1) is 0 Å². The summed E-state index contributed by atoms with van der Waals surface area (Å²) in [6, 6.07) is 0. The van der Waals surface area contributed by atoms with Crippen molar-refractivity contribution in [2.75, 3.05) is 20.3 Å². The summed E-state index contributed by atoms with van der Waals surface area (Å²) in [4.78, 5) is 0. The van der Waals surface area contributed by atoms with Crippen molar-refractivity contribution in [3.05, 3.63) is 12.2 Å². The number of hydrogen-bond donors (Lipinski definition) is 7. The van der Waals surface area contributed by atoms with E-state index in [0.717, 1.165) is 31.3 Å². The van der Waals surface area contributed by atoms with Crippen LogP contribution in [0.3, 0.4) is 0 Å². The standard InChI is InChI=1S/C34H58O10/c1-17(19(3)15-35)7-8-18(2)25-27(39)28(40)30-33(25,5)12-10-24-32(4)11-9-20(13-21(32)22(36)14-34(24,30)41)44-31-29(42-6)26(38)23(37)16-43-31/h18-31,35-41H,1,7-16H2,2-6H3. The van der Waals surface area contributed by atoms with E-state index in [2.05, 4.69) is 27.4 Å². The Morgan fingerprint density at radius 2 is 1.66 bits per heavy atom. The summed E-state index contributed by atoms with van der Waals surface area (Å²) in [5, 5.41) is 77.4. The first-order chi connectivity index (χ1) is 20.6. The zero-order valence-corrected chi connectivity index (χ0v) is 27.2. The lowest BCUT2D eigenvalue weighted by Crippen LogP contribution is -2.69. The third-order valence-corrected chi connectivity index (χ3v) is 13.3. The molecule has 1 aliphatic heterocycles. The van der Waals surface area contributed by atoms with E-state index in [1.807, 2.05) is 6.92 Å². The number of hydrogen-bond acceptors (Lipinski definition) is 10. The molecule has 0 aromatic carbocycles. The summed E-state index contributed by atoms with van der Waals surface area (Å²) in [5.41, 5.74) is -1.25. The van der Waals surface area contributed by atoms with Crippen molar-refractivity contribution in [3.63, 3.8) is 0 Å². The van der Waals surface area contributed by atoms with E-state index < -0.39 is 65.3 Å². The van der Waals surface area contributed by atoms with Crippen LogP contribution in [0.25, 0.3) is 0 Å². The molecule has 44 heavy (non-hydrogen) atoms. The highest BCUT2D eigenvalue weighted by molar-refractivity contribution is 5.22. The van der Waals surface area contributed by atoms with E-state index in [0.29, 0.717) is 19.3 Å². The maximum atomic E-state index is 12.7. The van der Waals surface area contributed by atoms with Crippen molar-refractivity contribution in [1.29, 1.82) is 0 Å². The van der Waals surface area contributed by atoms with Crippen molar-refractivity contribution in [2.45, 2.75) is 134 Å². The molecule has 0 radical (unpaired) electrons. The second-order valence-corrected chi connectivity index (χ2v) is 15.7. The van der Waals surface area contributed by atoms with Crippen LogP contribution in [0.5, 0.6) is 0 Å². The van der Waals surface area contributed by atoms with Crippen LogP contribution in [0.4, 0.5) is 0 Å². The molecule has 0 amide bonds. The fourth-order valence-corrected chi connectivity index (χ4v) is 10.9. The number of methoxy groups -OCH3 is 1. The summed E-state index contributed by atoms with van der Waals surface area (Å²) in [5.74, 6) is -1.00. The maximum absolute atomic E-state index is 12.7.